The van der Waals surface area contributed by atoms with Crippen LogP contribution in [0.3, 0.4) is 0 Å². The number of rotatable bonds is 4. The van der Waals surface area contributed by atoms with E-state index in [9.17, 15) is 4.79 Å². The molecule has 1 aromatic carbocycles. The smallest absolute Gasteiger partial charge is 0.261 e. The van der Waals surface area contributed by atoms with Crippen LogP contribution in [-0.2, 0) is 13.1 Å². The van der Waals surface area contributed by atoms with Gasteiger partial charge in [0.2, 0.25) is 0 Å². The van der Waals surface area contributed by atoms with E-state index in [1.807, 2.05) is 24.3 Å². The number of hydrogen-bond acceptors (Lipinski definition) is 3. The summed E-state index contributed by atoms with van der Waals surface area (Å²) < 4.78 is 0.618. The van der Waals surface area contributed by atoms with Crippen molar-refractivity contribution in [2.24, 2.45) is 5.73 Å². The molecule has 0 aliphatic heterocycles. The molecule has 0 atom stereocenters. The van der Waals surface area contributed by atoms with Gasteiger partial charge in [0.1, 0.15) is 0 Å². The van der Waals surface area contributed by atoms with Gasteiger partial charge in [0.05, 0.1) is 9.21 Å². The molecule has 18 heavy (non-hydrogen) atoms. The summed E-state index contributed by atoms with van der Waals surface area (Å²) in [4.78, 5) is 12.4. The van der Waals surface area contributed by atoms with Crippen LogP contribution in [0.15, 0.2) is 36.4 Å². The summed E-state index contributed by atoms with van der Waals surface area (Å²) in [7, 11) is 0. The minimum absolute atomic E-state index is 0.102. The Labute approximate surface area is 115 Å². The van der Waals surface area contributed by atoms with Gasteiger partial charge >= 0.3 is 0 Å². The standard InChI is InChI=1S/C13H13ClN2OS/c14-12-6-5-11(18-12)13(17)16-8-10-3-1-9(7-15)2-4-10/h1-6H,7-8,15H2,(H,16,17). The van der Waals surface area contributed by atoms with Crippen LogP contribution in [0.5, 0.6) is 0 Å². The lowest BCUT2D eigenvalue weighted by Gasteiger charge is -2.04. The molecule has 0 spiro atoms. The van der Waals surface area contributed by atoms with E-state index in [1.165, 1.54) is 11.3 Å². The molecule has 0 bridgehead atoms. The maximum Gasteiger partial charge on any atom is 0.261 e. The predicted octanol–water partition coefficient (Wildman–Crippen LogP) is 2.79. The molecule has 2 rings (SSSR count). The fraction of sp³-hybridized carbons (Fsp3) is 0.154. The summed E-state index contributed by atoms with van der Waals surface area (Å²) in [5.74, 6) is -0.102. The number of carbonyl (C=O) groups is 1. The number of benzene rings is 1. The Morgan fingerprint density at radius 3 is 2.39 bits per heavy atom. The molecule has 0 aliphatic rings. The molecule has 3 N–H and O–H groups in total. The number of nitrogens with two attached hydrogens (primary N) is 1. The van der Waals surface area contributed by atoms with Crippen LogP contribution in [0.25, 0.3) is 0 Å². The zero-order chi connectivity index (χ0) is 13.0. The van der Waals surface area contributed by atoms with Gasteiger partial charge in [-0.3, -0.25) is 4.79 Å². The highest BCUT2D eigenvalue weighted by Gasteiger charge is 2.07. The molecule has 2 aromatic rings. The van der Waals surface area contributed by atoms with Crippen LogP contribution in [-0.4, -0.2) is 5.91 Å². The highest BCUT2D eigenvalue weighted by molar-refractivity contribution is 7.17. The summed E-state index contributed by atoms with van der Waals surface area (Å²) >= 11 is 7.06. The molecule has 0 fully saturated rings. The van der Waals surface area contributed by atoms with E-state index >= 15 is 0 Å². The molecule has 0 unspecified atom stereocenters. The van der Waals surface area contributed by atoms with Crippen LogP contribution in [0, 0.1) is 0 Å². The summed E-state index contributed by atoms with van der Waals surface area (Å²) in [5.41, 5.74) is 7.64. The molecular weight excluding hydrogens is 268 g/mol. The van der Waals surface area contributed by atoms with Crippen LogP contribution in [0.1, 0.15) is 20.8 Å². The van der Waals surface area contributed by atoms with Crippen molar-refractivity contribution in [2.75, 3.05) is 0 Å². The number of amides is 1. The number of halogens is 1. The van der Waals surface area contributed by atoms with Crippen molar-refractivity contribution < 1.29 is 4.79 Å². The fourth-order valence-corrected chi connectivity index (χ4v) is 2.46. The van der Waals surface area contributed by atoms with Gasteiger partial charge in [0.15, 0.2) is 0 Å². The molecule has 5 heteroatoms. The van der Waals surface area contributed by atoms with Crippen molar-refractivity contribution in [2.45, 2.75) is 13.1 Å². The minimum Gasteiger partial charge on any atom is -0.347 e. The summed E-state index contributed by atoms with van der Waals surface area (Å²) in [6, 6.07) is 11.3. The second kappa shape index (κ2) is 6.00. The summed E-state index contributed by atoms with van der Waals surface area (Å²) in [6.07, 6.45) is 0. The zero-order valence-corrected chi connectivity index (χ0v) is 11.2. The van der Waals surface area contributed by atoms with Crippen molar-refractivity contribution >= 4 is 28.8 Å². The molecule has 3 nitrogen and oxygen atoms in total. The lowest BCUT2D eigenvalue weighted by atomic mass is 10.1. The Morgan fingerprint density at radius 1 is 1.17 bits per heavy atom. The SMILES string of the molecule is NCc1ccc(CNC(=O)c2ccc(Cl)s2)cc1. The molecule has 0 radical (unpaired) electrons. The molecule has 94 valence electrons. The van der Waals surface area contributed by atoms with E-state index in [-0.39, 0.29) is 5.91 Å². The number of nitrogens with one attached hydrogen (secondary N) is 1. The van der Waals surface area contributed by atoms with Gasteiger partial charge < -0.3 is 11.1 Å². The Balaban J connectivity index is 1.92. The van der Waals surface area contributed by atoms with Crippen molar-refractivity contribution in [3.05, 3.63) is 56.7 Å². The minimum atomic E-state index is -0.102. The largest absolute Gasteiger partial charge is 0.347 e. The van der Waals surface area contributed by atoms with Crippen LogP contribution in [0.4, 0.5) is 0 Å². The number of hydrogen-bond donors (Lipinski definition) is 2. The average Bonchev–Trinajstić information content (AvgIpc) is 2.83. The first-order valence-corrected chi connectivity index (χ1v) is 6.70. The number of thiophene rings is 1. The van der Waals surface area contributed by atoms with Crippen LogP contribution < -0.4 is 11.1 Å². The summed E-state index contributed by atoms with van der Waals surface area (Å²) in [5, 5.41) is 2.85. The number of carbonyl (C=O) groups excluding carboxylic acids is 1. The topological polar surface area (TPSA) is 55.1 Å². The quantitative estimate of drug-likeness (QED) is 0.905. The van der Waals surface area contributed by atoms with Gasteiger partial charge in [0, 0.05) is 13.1 Å². The highest BCUT2D eigenvalue weighted by atomic mass is 35.5. The molecule has 0 saturated heterocycles. The van der Waals surface area contributed by atoms with Gasteiger partial charge in [-0.2, -0.15) is 0 Å². The lowest BCUT2D eigenvalue weighted by Crippen LogP contribution is -2.21. The summed E-state index contributed by atoms with van der Waals surface area (Å²) in [6.45, 7) is 1.03. The van der Waals surface area contributed by atoms with Crippen LogP contribution >= 0.6 is 22.9 Å². The van der Waals surface area contributed by atoms with E-state index in [4.69, 9.17) is 17.3 Å². The van der Waals surface area contributed by atoms with E-state index < -0.39 is 0 Å². The Kier molecular flexibility index (Phi) is 4.36. The molecule has 1 heterocycles. The van der Waals surface area contributed by atoms with Crippen molar-refractivity contribution in [1.29, 1.82) is 0 Å². The van der Waals surface area contributed by atoms with Crippen molar-refractivity contribution in [3.8, 4) is 0 Å². The fourth-order valence-electron chi connectivity index (χ4n) is 1.50. The van der Waals surface area contributed by atoms with E-state index in [0.717, 1.165) is 11.1 Å². The normalized spacial score (nSPS) is 10.3. The van der Waals surface area contributed by atoms with Gasteiger partial charge in [-0.15, -0.1) is 11.3 Å². The molecule has 0 aliphatic carbocycles. The average molecular weight is 281 g/mol. The first-order chi connectivity index (χ1) is 8.69. The van der Waals surface area contributed by atoms with Crippen molar-refractivity contribution in [1.82, 2.24) is 5.32 Å². The lowest BCUT2D eigenvalue weighted by molar-refractivity contribution is 0.0955. The second-order valence-corrected chi connectivity index (χ2v) is 5.52. The third-order valence-corrected chi connectivity index (χ3v) is 3.74. The Hall–Kier alpha value is -1.36. The second-order valence-electron chi connectivity index (χ2n) is 3.81. The van der Waals surface area contributed by atoms with Gasteiger partial charge in [-0.25, -0.2) is 0 Å². The predicted molar refractivity (Wildman–Crippen MR) is 74.8 cm³/mol. The molecule has 1 aromatic heterocycles. The van der Waals surface area contributed by atoms with E-state index in [1.54, 1.807) is 12.1 Å². The molecule has 0 saturated carbocycles. The van der Waals surface area contributed by atoms with Gasteiger partial charge in [0.25, 0.3) is 5.91 Å². The van der Waals surface area contributed by atoms with Crippen LogP contribution in [0.2, 0.25) is 4.34 Å². The van der Waals surface area contributed by atoms with Gasteiger partial charge in [-0.05, 0) is 23.3 Å². The third-order valence-electron chi connectivity index (χ3n) is 2.51. The monoisotopic (exact) mass is 280 g/mol. The third kappa shape index (κ3) is 3.32. The van der Waals surface area contributed by atoms with E-state index in [0.29, 0.717) is 22.3 Å². The molecular formula is C13H13ClN2OS. The van der Waals surface area contributed by atoms with Gasteiger partial charge in [-0.1, -0.05) is 35.9 Å². The maximum atomic E-state index is 11.8. The van der Waals surface area contributed by atoms with Crippen molar-refractivity contribution in [3.63, 3.8) is 0 Å². The Bertz CT molecular complexity index is 536. The zero-order valence-electron chi connectivity index (χ0n) is 9.65. The first-order valence-electron chi connectivity index (χ1n) is 5.50. The first kappa shape index (κ1) is 13.1. The van der Waals surface area contributed by atoms with E-state index in [2.05, 4.69) is 5.32 Å². The molecule has 1 amide bonds. The highest BCUT2D eigenvalue weighted by Crippen LogP contribution is 2.21. The maximum absolute atomic E-state index is 11.8. The Morgan fingerprint density at radius 2 is 1.83 bits per heavy atom.